The second-order valence-corrected chi connectivity index (χ2v) is 6.31. The van der Waals surface area contributed by atoms with Crippen molar-refractivity contribution in [1.29, 1.82) is 0 Å². The second kappa shape index (κ2) is 7.71. The molecular weight excluding hydrogens is 330 g/mol. The van der Waals surface area contributed by atoms with Crippen molar-refractivity contribution in [2.45, 2.75) is 0 Å². The van der Waals surface area contributed by atoms with Gasteiger partial charge in [0.1, 0.15) is 0 Å². The van der Waals surface area contributed by atoms with Gasteiger partial charge in [-0.15, -0.1) is 0 Å². The molecule has 4 aromatic rings. The Balaban J connectivity index is 1.63. The van der Waals surface area contributed by atoms with Gasteiger partial charge in [-0.25, -0.2) is 0 Å². The van der Waals surface area contributed by atoms with E-state index < -0.39 is 0 Å². The predicted molar refractivity (Wildman–Crippen MR) is 112 cm³/mol. The first kappa shape index (κ1) is 16.8. The lowest BCUT2D eigenvalue weighted by Gasteiger charge is -2.11. The Labute approximate surface area is 159 Å². The minimum absolute atomic E-state index is 0.111. The van der Waals surface area contributed by atoms with Gasteiger partial charge in [-0.05, 0) is 40.5 Å². The number of hydrogen-bond donors (Lipinski definition) is 1. The first-order chi connectivity index (χ1) is 13.3. The normalized spacial score (nSPS) is 10.4. The van der Waals surface area contributed by atoms with Crippen LogP contribution in [0, 0.1) is 0 Å². The maximum Gasteiger partial charge on any atom is 0.256 e. The summed E-state index contributed by atoms with van der Waals surface area (Å²) >= 11 is 0. The summed E-state index contributed by atoms with van der Waals surface area (Å²) in [6.07, 6.45) is 0. The van der Waals surface area contributed by atoms with E-state index in [1.54, 1.807) is 0 Å². The molecule has 130 valence electrons. The highest BCUT2D eigenvalue weighted by atomic mass is 16.1. The molecule has 2 nitrogen and oxygen atoms in total. The van der Waals surface area contributed by atoms with Crippen LogP contribution < -0.4 is 5.32 Å². The highest BCUT2D eigenvalue weighted by molar-refractivity contribution is 6.08. The maximum atomic E-state index is 12.9. The molecule has 0 saturated carbocycles. The molecule has 2 heteroatoms. The fraction of sp³-hybridized carbons (Fsp3) is 0. The molecule has 0 bridgehead atoms. The molecule has 0 fully saturated rings. The molecule has 0 radical (unpaired) electrons. The molecule has 0 atom stereocenters. The molecule has 4 rings (SSSR count). The third kappa shape index (κ3) is 3.80. The van der Waals surface area contributed by atoms with Crippen molar-refractivity contribution in [3.63, 3.8) is 0 Å². The summed E-state index contributed by atoms with van der Waals surface area (Å²) in [5.41, 5.74) is 5.59. The number of amides is 1. The van der Waals surface area contributed by atoms with Gasteiger partial charge in [0.25, 0.3) is 5.91 Å². The number of carbonyl (C=O) groups excluding carboxylic acids is 1. The van der Waals surface area contributed by atoms with Crippen LogP contribution in [0.15, 0.2) is 109 Å². The lowest BCUT2D eigenvalue weighted by atomic mass is 9.99. The van der Waals surface area contributed by atoms with Gasteiger partial charge in [0, 0.05) is 11.3 Å². The summed E-state index contributed by atoms with van der Waals surface area (Å²) in [4.78, 5) is 12.9. The highest BCUT2D eigenvalue weighted by Crippen LogP contribution is 2.26. The Morgan fingerprint density at radius 3 is 1.89 bits per heavy atom. The Morgan fingerprint density at radius 2 is 1.15 bits per heavy atom. The average Bonchev–Trinajstić information content (AvgIpc) is 2.75. The SMILES string of the molecule is O=C(Nc1cccc(-c2ccccc2)c1)c1ccccc1-c1ccccc1. The van der Waals surface area contributed by atoms with E-state index in [1.165, 1.54) is 0 Å². The number of hydrogen-bond acceptors (Lipinski definition) is 1. The monoisotopic (exact) mass is 349 g/mol. The smallest absolute Gasteiger partial charge is 0.256 e. The number of rotatable bonds is 4. The number of nitrogens with one attached hydrogen (secondary N) is 1. The van der Waals surface area contributed by atoms with Gasteiger partial charge in [0.15, 0.2) is 0 Å². The molecule has 1 N–H and O–H groups in total. The zero-order valence-electron chi connectivity index (χ0n) is 14.8. The molecule has 27 heavy (non-hydrogen) atoms. The molecule has 0 unspecified atom stereocenters. The van der Waals surface area contributed by atoms with Crippen molar-refractivity contribution < 1.29 is 4.79 Å². The lowest BCUT2D eigenvalue weighted by molar-refractivity contribution is 0.102. The largest absolute Gasteiger partial charge is 0.322 e. The predicted octanol–water partition coefficient (Wildman–Crippen LogP) is 6.27. The van der Waals surface area contributed by atoms with Gasteiger partial charge in [-0.1, -0.05) is 91.0 Å². The second-order valence-electron chi connectivity index (χ2n) is 6.31. The maximum absolute atomic E-state index is 12.9. The van der Waals surface area contributed by atoms with Gasteiger partial charge in [-0.3, -0.25) is 4.79 Å². The molecule has 0 heterocycles. The topological polar surface area (TPSA) is 29.1 Å². The van der Waals surface area contributed by atoms with E-state index in [1.807, 2.05) is 97.1 Å². The Kier molecular flexibility index (Phi) is 4.80. The fourth-order valence-electron chi connectivity index (χ4n) is 3.16. The van der Waals surface area contributed by atoms with Crippen molar-refractivity contribution >= 4 is 11.6 Å². The third-order valence-corrected chi connectivity index (χ3v) is 4.48. The van der Waals surface area contributed by atoms with Gasteiger partial charge in [-0.2, -0.15) is 0 Å². The van der Waals surface area contributed by atoms with E-state index in [9.17, 15) is 4.79 Å². The molecule has 0 aliphatic carbocycles. The highest BCUT2D eigenvalue weighted by Gasteiger charge is 2.12. The van der Waals surface area contributed by atoms with Gasteiger partial charge < -0.3 is 5.32 Å². The summed E-state index contributed by atoms with van der Waals surface area (Å²) in [5.74, 6) is -0.111. The molecule has 1 amide bonds. The van der Waals surface area contributed by atoms with Crippen LogP contribution in [0.1, 0.15) is 10.4 Å². The Bertz CT molecular complexity index is 1060. The zero-order valence-corrected chi connectivity index (χ0v) is 14.8. The van der Waals surface area contributed by atoms with Gasteiger partial charge in [0.2, 0.25) is 0 Å². The third-order valence-electron chi connectivity index (χ3n) is 4.48. The van der Waals surface area contributed by atoms with Crippen LogP contribution in [-0.2, 0) is 0 Å². The van der Waals surface area contributed by atoms with Crippen LogP contribution in [0.25, 0.3) is 22.3 Å². The standard InChI is InChI=1S/C25H19NO/c27-25(24-17-8-7-16-23(24)20-12-5-2-6-13-20)26-22-15-9-14-21(18-22)19-10-3-1-4-11-19/h1-18H,(H,26,27). The summed E-state index contributed by atoms with van der Waals surface area (Å²) in [6, 6.07) is 35.7. The van der Waals surface area contributed by atoms with E-state index in [0.717, 1.165) is 27.9 Å². The Morgan fingerprint density at radius 1 is 0.556 bits per heavy atom. The average molecular weight is 349 g/mol. The summed E-state index contributed by atoms with van der Waals surface area (Å²) in [5, 5.41) is 3.04. The first-order valence-electron chi connectivity index (χ1n) is 8.92. The van der Waals surface area contributed by atoms with Crippen LogP contribution in [0.5, 0.6) is 0 Å². The molecule has 4 aromatic carbocycles. The molecule has 0 aromatic heterocycles. The molecule has 0 spiro atoms. The van der Waals surface area contributed by atoms with Crippen molar-refractivity contribution in [1.82, 2.24) is 0 Å². The van der Waals surface area contributed by atoms with Crippen molar-refractivity contribution in [3.8, 4) is 22.3 Å². The summed E-state index contributed by atoms with van der Waals surface area (Å²) in [7, 11) is 0. The summed E-state index contributed by atoms with van der Waals surface area (Å²) < 4.78 is 0. The quantitative estimate of drug-likeness (QED) is 0.462. The molecule has 0 aliphatic heterocycles. The van der Waals surface area contributed by atoms with E-state index in [4.69, 9.17) is 0 Å². The van der Waals surface area contributed by atoms with Crippen LogP contribution in [0.4, 0.5) is 5.69 Å². The van der Waals surface area contributed by atoms with Crippen LogP contribution in [0.2, 0.25) is 0 Å². The number of benzene rings is 4. The fourth-order valence-corrected chi connectivity index (χ4v) is 3.16. The van der Waals surface area contributed by atoms with Crippen molar-refractivity contribution in [3.05, 3.63) is 115 Å². The minimum Gasteiger partial charge on any atom is -0.322 e. The molecule has 0 saturated heterocycles. The molecule has 0 aliphatic rings. The summed E-state index contributed by atoms with van der Waals surface area (Å²) in [6.45, 7) is 0. The number of carbonyl (C=O) groups is 1. The minimum atomic E-state index is -0.111. The van der Waals surface area contributed by atoms with Crippen LogP contribution in [0.3, 0.4) is 0 Å². The zero-order chi connectivity index (χ0) is 18.5. The van der Waals surface area contributed by atoms with Crippen molar-refractivity contribution in [2.24, 2.45) is 0 Å². The van der Waals surface area contributed by atoms with Gasteiger partial charge in [0.05, 0.1) is 0 Å². The van der Waals surface area contributed by atoms with E-state index in [0.29, 0.717) is 5.56 Å². The molecular formula is C25H19NO. The van der Waals surface area contributed by atoms with E-state index in [-0.39, 0.29) is 5.91 Å². The van der Waals surface area contributed by atoms with E-state index >= 15 is 0 Å². The van der Waals surface area contributed by atoms with Crippen molar-refractivity contribution in [2.75, 3.05) is 5.32 Å². The van der Waals surface area contributed by atoms with E-state index in [2.05, 4.69) is 17.4 Å². The lowest BCUT2D eigenvalue weighted by Crippen LogP contribution is -2.13. The Hall–Kier alpha value is -3.65. The van der Waals surface area contributed by atoms with Gasteiger partial charge >= 0.3 is 0 Å². The van der Waals surface area contributed by atoms with Crippen LogP contribution in [-0.4, -0.2) is 5.91 Å². The number of anilines is 1. The first-order valence-corrected chi connectivity index (χ1v) is 8.92. The van der Waals surface area contributed by atoms with Crippen LogP contribution >= 0.6 is 0 Å².